The van der Waals surface area contributed by atoms with Crippen molar-refractivity contribution >= 4 is 16.5 Å². The largest absolute Gasteiger partial charge is 0.349 e. The molecule has 1 heterocycles. The molecule has 1 aromatic rings. The van der Waals surface area contributed by atoms with Crippen molar-refractivity contribution in [2.45, 2.75) is 52.1 Å². The minimum absolute atomic E-state index is 0.791. The van der Waals surface area contributed by atoms with Crippen molar-refractivity contribution in [2.75, 3.05) is 18.0 Å². The second-order valence-corrected chi connectivity index (χ2v) is 6.96. The van der Waals surface area contributed by atoms with Gasteiger partial charge in [-0.25, -0.2) is 4.98 Å². The van der Waals surface area contributed by atoms with Gasteiger partial charge in [0, 0.05) is 36.8 Å². The molecule has 0 saturated heterocycles. The number of nitrogens with zero attached hydrogens (tertiary/aromatic N) is 2. The van der Waals surface area contributed by atoms with Crippen molar-refractivity contribution in [1.82, 2.24) is 10.3 Å². The fourth-order valence-electron chi connectivity index (χ4n) is 2.87. The first-order chi connectivity index (χ1) is 9.31. The molecule has 2 saturated carbocycles. The minimum atomic E-state index is 0.791. The average molecular weight is 279 g/mol. The fourth-order valence-corrected chi connectivity index (χ4v) is 3.85. The Morgan fingerprint density at radius 1 is 1.26 bits per heavy atom. The topological polar surface area (TPSA) is 28.2 Å². The second-order valence-electron chi connectivity index (χ2n) is 5.86. The van der Waals surface area contributed by atoms with Crippen LogP contribution in [0.2, 0.25) is 0 Å². The minimum Gasteiger partial charge on any atom is -0.349 e. The van der Waals surface area contributed by atoms with Crippen LogP contribution in [0.4, 0.5) is 5.13 Å². The normalized spacial score (nSPS) is 19.1. The molecule has 3 rings (SSSR count). The standard InChI is InChI=1S/C15H25N3S/c1-3-18(4-2)15-17-10-13(19-15)9-16-14(11-5-6-11)12-7-8-12/h10-12,14,16H,3-9H2,1-2H3. The van der Waals surface area contributed by atoms with Crippen LogP contribution in [0, 0.1) is 11.8 Å². The molecular formula is C15H25N3S. The summed E-state index contributed by atoms with van der Waals surface area (Å²) in [5.41, 5.74) is 0. The molecule has 0 bridgehead atoms. The van der Waals surface area contributed by atoms with Crippen LogP contribution in [0.25, 0.3) is 0 Å². The summed E-state index contributed by atoms with van der Waals surface area (Å²) in [6.45, 7) is 7.49. The maximum atomic E-state index is 4.56. The number of thiazole rings is 1. The van der Waals surface area contributed by atoms with Crippen LogP contribution in [0.3, 0.4) is 0 Å². The van der Waals surface area contributed by atoms with Gasteiger partial charge in [0.25, 0.3) is 0 Å². The van der Waals surface area contributed by atoms with Gasteiger partial charge in [-0.15, -0.1) is 11.3 Å². The Morgan fingerprint density at radius 2 is 1.89 bits per heavy atom. The summed E-state index contributed by atoms with van der Waals surface area (Å²) in [5.74, 6) is 1.95. The van der Waals surface area contributed by atoms with Gasteiger partial charge in [-0.3, -0.25) is 0 Å². The maximum absolute atomic E-state index is 4.56. The predicted octanol–water partition coefficient (Wildman–Crippen LogP) is 3.27. The molecule has 19 heavy (non-hydrogen) atoms. The summed E-state index contributed by atoms with van der Waals surface area (Å²) in [4.78, 5) is 8.27. The lowest BCUT2D eigenvalue weighted by atomic mass is 10.1. The maximum Gasteiger partial charge on any atom is 0.185 e. The number of aromatic nitrogens is 1. The summed E-state index contributed by atoms with van der Waals surface area (Å²) in [5, 5.41) is 4.98. The highest BCUT2D eigenvalue weighted by Gasteiger charge is 2.40. The number of rotatable bonds is 8. The molecule has 0 spiro atoms. The molecule has 2 aliphatic rings. The highest BCUT2D eigenvalue weighted by Crippen LogP contribution is 2.44. The quantitative estimate of drug-likeness (QED) is 0.791. The zero-order valence-electron chi connectivity index (χ0n) is 12.1. The molecule has 1 aromatic heterocycles. The third-order valence-electron chi connectivity index (χ3n) is 4.35. The van der Waals surface area contributed by atoms with Gasteiger partial charge >= 0.3 is 0 Å². The van der Waals surface area contributed by atoms with E-state index in [-0.39, 0.29) is 0 Å². The van der Waals surface area contributed by atoms with Gasteiger partial charge in [-0.2, -0.15) is 0 Å². The summed E-state index contributed by atoms with van der Waals surface area (Å²) < 4.78 is 0. The first kappa shape index (κ1) is 13.4. The van der Waals surface area contributed by atoms with Crippen LogP contribution in [0.15, 0.2) is 6.20 Å². The van der Waals surface area contributed by atoms with Crippen LogP contribution < -0.4 is 10.2 Å². The molecule has 2 fully saturated rings. The van der Waals surface area contributed by atoms with E-state index in [0.29, 0.717) is 0 Å². The Kier molecular flexibility index (Phi) is 4.08. The van der Waals surface area contributed by atoms with Gasteiger partial charge in [-0.1, -0.05) is 0 Å². The van der Waals surface area contributed by atoms with Crippen molar-refractivity contribution in [2.24, 2.45) is 11.8 Å². The lowest BCUT2D eigenvalue weighted by Gasteiger charge is -2.17. The van der Waals surface area contributed by atoms with Crippen molar-refractivity contribution in [1.29, 1.82) is 0 Å². The number of hydrogen-bond donors (Lipinski definition) is 1. The van der Waals surface area contributed by atoms with E-state index in [1.165, 1.54) is 35.7 Å². The Morgan fingerprint density at radius 3 is 2.42 bits per heavy atom. The Labute approximate surface area is 120 Å². The molecule has 0 unspecified atom stereocenters. The summed E-state index contributed by atoms with van der Waals surface area (Å²) in [6.07, 6.45) is 7.84. The molecule has 4 heteroatoms. The van der Waals surface area contributed by atoms with Crippen molar-refractivity contribution in [3.63, 3.8) is 0 Å². The first-order valence-corrected chi connectivity index (χ1v) is 8.56. The van der Waals surface area contributed by atoms with Gasteiger partial charge in [0.2, 0.25) is 0 Å². The van der Waals surface area contributed by atoms with Crippen LogP contribution in [0.1, 0.15) is 44.4 Å². The van der Waals surface area contributed by atoms with Crippen LogP contribution in [-0.4, -0.2) is 24.1 Å². The molecule has 0 amide bonds. The van der Waals surface area contributed by atoms with E-state index in [1.807, 2.05) is 11.3 Å². The van der Waals surface area contributed by atoms with E-state index in [4.69, 9.17) is 0 Å². The summed E-state index contributed by atoms with van der Waals surface area (Å²) in [7, 11) is 0. The van der Waals surface area contributed by atoms with Crippen LogP contribution in [0.5, 0.6) is 0 Å². The lowest BCUT2D eigenvalue weighted by Crippen LogP contribution is -2.32. The fraction of sp³-hybridized carbons (Fsp3) is 0.800. The number of hydrogen-bond acceptors (Lipinski definition) is 4. The molecule has 2 aliphatic carbocycles. The summed E-state index contributed by atoms with van der Waals surface area (Å²) in [6, 6.07) is 0.791. The van der Waals surface area contributed by atoms with Crippen molar-refractivity contribution in [3.05, 3.63) is 11.1 Å². The molecule has 0 aliphatic heterocycles. The monoisotopic (exact) mass is 279 g/mol. The third-order valence-corrected chi connectivity index (χ3v) is 5.41. The smallest absolute Gasteiger partial charge is 0.185 e. The average Bonchev–Trinajstić information content (AvgIpc) is 3.33. The molecule has 3 nitrogen and oxygen atoms in total. The van der Waals surface area contributed by atoms with Crippen LogP contribution in [-0.2, 0) is 6.54 Å². The Balaban J connectivity index is 1.54. The molecule has 106 valence electrons. The predicted molar refractivity (Wildman–Crippen MR) is 81.8 cm³/mol. The highest BCUT2D eigenvalue weighted by atomic mass is 32.1. The van der Waals surface area contributed by atoms with Crippen molar-refractivity contribution in [3.8, 4) is 0 Å². The number of anilines is 1. The van der Waals surface area contributed by atoms with Gasteiger partial charge < -0.3 is 10.2 Å². The Hall–Kier alpha value is -0.610. The van der Waals surface area contributed by atoms with Crippen molar-refractivity contribution < 1.29 is 0 Å². The molecule has 0 radical (unpaired) electrons. The SMILES string of the molecule is CCN(CC)c1ncc(CNC(C2CC2)C2CC2)s1. The number of nitrogens with one attached hydrogen (secondary N) is 1. The zero-order valence-corrected chi connectivity index (χ0v) is 12.9. The van der Waals surface area contributed by atoms with Gasteiger partial charge in [0.1, 0.15) is 0 Å². The molecule has 0 aromatic carbocycles. The van der Waals surface area contributed by atoms with Gasteiger partial charge in [-0.05, 0) is 51.4 Å². The van der Waals surface area contributed by atoms with Crippen LogP contribution >= 0.6 is 11.3 Å². The molecule has 1 N–H and O–H groups in total. The first-order valence-electron chi connectivity index (χ1n) is 7.74. The van der Waals surface area contributed by atoms with E-state index in [0.717, 1.165) is 37.5 Å². The second kappa shape index (κ2) is 5.80. The third kappa shape index (κ3) is 3.29. The molecular weight excluding hydrogens is 254 g/mol. The zero-order chi connectivity index (χ0) is 13.2. The van der Waals surface area contributed by atoms with E-state index in [2.05, 4.69) is 35.2 Å². The Bertz CT molecular complexity index is 393. The van der Waals surface area contributed by atoms with E-state index in [9.17, 15) is 0 Å². The van der Waals surface area contributed by atoms with E-state index in [1.54, 1.807) is 0 Å². The summed E-state index contributed by atoms with van der Waals surface area (Å²) >= 11 is 1.85. The van der Waals surface area contributed by atoms with Gasteiger partial charge in [0.15, 0.2) is 5.13 Å². The van der Waals surface area contributed by atoms with E-state index < -0.39 is 0 Å². The van der Waals surface area contributed by atoms with E-state index >= 15 is 0 Å². The lowest BCUT2D eigenvalue weighted by molar-refractivity contribution is 0.417. The molecule has 0 atom stereocenters. The van der Waals surface area contributed by atoms with Gasteiger partial charge in [0.05, 0.1) is 0 Å². The highest BCUT2D eigenvalue weighted by molar-refractivity contribution is 7.15.